The molecule has 0 fully saturated rings. The first kappa shape index (κ1) is 14.7. The Bertz CT molecular complexity index is 669. The van der Waals surface area contributed by atoms with Crippen LogP contribution in [0, 0.1) is 0 Å². The fourth-order valence-corrected chi connectivity index (χ4v) is 2.68. The SMILES string of the molecule is CCc1cc(Br)ccc1NC(=O)c1csc(C(=O)O)n1. The van der Waals surface area contributed by atoms with Crippen molar-refractivity contribution in [3.63, 3.8) is 0 Å². The summed E-state index contributed by atoms with van der Waals surface area (Å²) in [5, 5.41) is 12.9. The fourth-order valence-electron chi connectivity index (χ4n) is 1.64. The number of thiazole rings is 1. The number of benzene rings is 1. The van der Waals surface area contributed by atoms with Crippen LogP contribution >= 0.6 is 27.3 Å². The number of aromatic nitrogens is 1. The molecule has 2 rings (SSSR count). The first-order valence-corrected chi connectivity index (χ1v) is 7.47. The minimum absolute atomic E-state index is 0.0957. The Labute approximate surface area is 127 Å². The van der Waals surface area contributed by atoms with Gasteiger partial charge in [0.15, 0.2) is 0 Å². The van der Waals surface area contributed by atoms with Crippen LogP contribution in [0.25, 0.3) is 0 Å². The number of aromatic carboxylic acids is 1. The molecule has 0 radical (unpaired) electrons. The molecule has 0 atom stereocenters. The molecular weight excluding hydrogens is 344 g/mol. The molecule has 2 aromatic rings. The quantitative estimate of drug-likeness (QED) is 0.881. The average Bonchev–Trinajstić information content (AvgIpc) is 2.90. The molecule has 7 heteroatoms. The zero-order valence-electron chi connectivity index (χ0n) is 10.5. The highest BCUT2D eigenvalue weighted by Gasteiger charge is 2.15. The van der Waals surface area contributed by atoms with Crippen molar-refractivity contribution in [1.29, 1.82) is 0 Å². The molecule has 0 saturated carbocycles. The predicted molar refractivity (Wildman–Crippen MR) is 80.5 cm³/mol. The maximum absolute atomic E-state index is 12.0. The van der Waals surface area contributed by atoms with E-state index in [-0.39, 0.29) is 10.7 Å². The lowest BCUT2D eigenvalue weighted by Crippen LogP contribution is -2.14. The van der Waals surface area contributed by atoms with Gasteiger partial charge >= 0.3 is 5.97 Å². The van der Waals surface area contributed by atoms with Crippen LogP contribution in [-0.2, 0) is 6.42 Å². The summed E-state index contributed by atoms with van der Waals surface area (Å²) >= 11 is 4.31. The number of hydrogen-bond donors (Lipinski definition) is 2. The second-order valence-corrected chi connectivity index (χ2v) is 5.73. The molecule has 1 amide bonds. The lowest BCUT2D eigenvalue weighted by Gasteiger charge is -2.09. The fraction of sp³-hybridized carbons (Fsp3) is 0.154. The summed E-state index contributed by atoms with van der Waals surface area (Å²) in [7, 11) is 0. The molecule has 5 nitrogen and oxygen atoms in total. The molecule has 2 N–H and O–H groups in total. The van der Waals surface area contributed by atoms with Crippen LogP contribution in [0.15, 0.2) is 28.1 Å². The van der Waals surface area contributed by atoms with Gasteiger partial charge in [-0.15, -0.1) is 11.3 Å². The lowest BCUT2D eigenvalue weighted by atomic mass is 10.1. The molecule has 1 heterocycles. The van der Waals surface area contributed by atoms with Crippen molar-refractivity contribution in [2.24, 2.45) is 0 Å². The molecule has 0 saturated heterocycles. The van der Waals surface area contributed by atoms with Gasteiger partial charge in [0.2, 0.25) is 5.01 Å². The van der Waals surface area contributed by atoms with Crippen LogP contribution in [0.3, 0.4) is 0 Å². The summed E-state index contributed by atoms with van der Waals surface area (Å²) in [6.45, 7) is 1.99. The topological polar surface area (TPSA) is 79.3 Å². The van der Waals surface area contributed by atoms with Gasteiger partial charge in [0.25, 0.3) is 5.91 Å². The van der Waals surface area contributed by atoms with Gasteiger partial charge < -0.3 is 10.4 Å². The smallest absolute Gasteiger partial charge is 0.365 e. The van der Waals surface area contributed by atoms with Crippen molar-refractivity contribution >= 4 is 44.8 Å². The van der Waals surface area contributed by atoms with Crippen molar-refractivity contribution in [2.75, 3.05) is 5.32 Å². The van der Waals surface area contributed by atoms with Crippen molar-refractivity contribution in [1.82, 2.24) is 4.98 Å². The van der Waals surface area contributed by atoms with Crippen LogP contribution in [0.1, 0.15) is 32.8 Å². The first-order valence-electron chi connectivity index (χ1n) is 5.80. The third-order valence-electron chi connectivity index (χ3n) is 2.62. The Kier molecular flexibility index (Phi) is 4.51. The molecule has 104 valence electrons. The zero-order valence-corrected chi connectivity index (χ0v) is 12.9. The van der Waals surface area contributed by atoms with E-state index in [9.17, 15) is 9.59 Å². The van der Waals surface area contributed by atoms with Gasteiger partial charge in [-0.05, 0) is 30.2 Å². The van der Waals surface area contributed by atoms with E-state index in [0.717, 1.165) is 27.8 Å². The van der Waals surface area contributed by atoms with Gasteiger partial charge in [0.1, 0.15) is 5.69 Å². The Balaban J connectivity index is 2.20. The summed E-state index contributed by atoms with van der Waals surface area (Å²) in [5.41, 5.74) is 1.80. The molecule has 0 aliphatic rings. The zero-order chi connectivity index (χ0) is 14.7. The van der Waals surface area contributed by atoms with Gasteiger partial charge in [-0.3, -0.25) is 4.79 Å². The molecule has 0 bridgehead atoms. The molecule has 0 spiro atoms. The number of halogens is 1. The van der Waals surface area contributed by atoms with Gasteiger partial charge in [-0.1, -0.05) is 22.9 Å². The van der Waals surface area contributed by atoms with E-state index >= 15 is 0 Å². The van der Waals surface area contributed by atoms with Crippen LogP contribution in [0.4, 0.5) is 5.69 Å². The maximum Gasteiger partial charge on any atom is 0.365 e. The second-order valence-electron chi connectivity index (χ2n) is 3.95. The lowest BCUT2D eigenvalue weighted by molar-refractivity contribution is 0.0696. The molecular formula is C13H11BrN2O3S. The van der Waals surface area contributed by atoms with Crippen molar-refractivity contribution in [3.8, 4) is 0 Å². The number of aryl methyl sites for hydroxylation is 1. The molecule has 0 unspecified atom stereocenters. The Hall–Kier alpha value is -1.73. The number of nitrogens with zero attached hydrogens (tertiary/aromatic N) is 1. The number of anilines is 1. The van der Waals surface area contributed by atoms with E-state index in [1.807, 2.05) is 19.1 Å². The van der Waals surface area contributed by atoms with Gasteiger partial charge in [-0.2, -0.15) is 0 Å². The highest BCUT2D eigenvalue weighted by Crippen LogP contribution is 2.22. The number of carboxylic acid groups (broad SMARTS) is 1. The van der Waals surface area contributed by atoms with E-state index in [1.165, 1.54) is 5.38 Å². The highest BCUT2D eigenvalue weighted by atomic mass is 79.9. The predicted octanol–water partition coefficient (Wildman–Crippen LogP) is 3.42. The maximum atomic E-state index is 12.0. The summed E-state index contributed by atoms with van der Waals surface area (Å²) in [4.78, 5) is 26.6. The van der Waals surface area contributed by atoms with Gasteiger partial charge in [-0.25, -0.2) is 9.78 Å². The largest absolute Gasteiger partial charge is 0.476 e. The molecule has 20 heavy (non-hydrogen) atoms. The first-order chi connectivity index (χ1) is 9.51. The number of carbonyl (C=O) groups is 2. The molecule has 1 aromatic heterocycles. The van der Waals surface area contributed by atoms with Crippen LogP contribution in [-0.4, -0.2) is 22.0 Å². The standard InChI is InChI=1S/C13H11BrN2O3S/c1-2-7-5-8(14)3-4-9(7)15-11(17)10-6-20-12(16-10)13(18)19/h3-6H,2H2,1H3,(H,15,17)(H,18,19). The number of amides is 1. The summed E-state index contributed by atoms with van der Waals surface area (Å²) < 4.78 is 0.939. The number of carbonyl (C=O) groups excluding carboxylic acids is 1. The third-order valence-corrected chi connectivity index (χ3v) is 3.94. The van der Waals surface area contributed by atoms with E-state index in [4.69, 9.17) is 5.11 Å². The minimum atomic E-state index is -1.13. The second kappa shape index (κ2) is 6.15. The molecule has 0 aliphatic heterocycles. The summed E-state index contributed by atoms with van der Waals surface area (Å²) in [5.74, 6) is -1.54. The summed E-state index contributed by atoms with van der Waals surface area (Å²) in [6, 6.07) is 5.56. The third kappa shape index (κ3) is 3.23. The Morgan fingerprint density at radius 2 is 2.20 bits per heavy atom. The number of hydrogen-bond acceptors (Lipinski definition) is 4. The minimum Gasteiger partial charge on any atom is -0.476 e. The van der Waals surface area contributed by atoms with Gasteiger partial charge in [0, 0.05) is 15.5 Å². The van der Waals surface area contributed by atoms with E-state index in [2.05, 4.69) is 26.2 Å². The highest BCUT2D eigenvalue weighted by molar-refractivity contribution is 9.10. The molecule has 1 aromatic carbocycles. The summed E-state index contributed by atoms with van der Waals surface area (Å²) in [6.07, 6.45) is 0.770. The number of nitrogens with one attached hydrogen (secondary N) is 1. The van der Waals surface area contributed by atoms with Crippen LogP contribution < -0.4 is 5.32 Å². The van der Waals surface area contributed by atoms with E-state index in [0.29, 0.717) is 5.69 Å². The number of carboxylic acids is 1. The average molecular weight is 355 g/mol. The van der Waals surface area contributed by atoms with Crippen LogP contribution in [0.5, 0.6) is 0 Å². The number of rotatable bonds is 4. The Morgan fingerprint density at radius 1 is 1.45 bits per heavy atom. The van der Waals surface area contributed by atoms with Crippen molar-refractivity contribution < 1.29 is 14.7 Å². The van der Waals surface area contributed by atoms with Crippen molar-refractivity contribution in [3.05, 3.63) is 44.3 Å². The Morgan fingerprint density at radius 3 is 2.80 bits per heavy atom. The molecule has 0 aliphatic carbocycles. The monoisotopic (exact) mass is 354 g/mol. The normalized spacial score (nSPS) is 10.3. The van der Waals surface area contributed by atoms with Crippen LogP contribution in [0.2, 0.25) is 0 Å². The van der Waals surface area contributed by atoms with Crippen molar-refractivity contribution in [2.45, 2.75) is 13.3 Å². The van der Waals surface area contributed by atoms with Gasteiger partial charge in [0.05, 0.1) is 0 Å². The van der Waals surface area contributed by atoms with E-state index in [1.54, 1.807) is 6.07 Å². The van der Waals surface area contributed by atoms with E-state index < -0.39 is 11.9 Å².